The van der Waals surface area contributed by atoms with Crippen molar-refractivity contribution in [1.29, 1.82) is 0 Å². The van der Waals surface area contributed by atoms with Gasteiger partial charge in [-0.1, -0.05) is 6.08 Å². The van der Waals surface area contributed by atoms with E-state index in [9.17, 15) is 13.2 Å². The van der Waals surface area contributed by atoms with Crippen LogP contribution in [0.25, 0.3) is 0 Å². The summed E-state index contributed by atoms with van der Waals surface area (Å²) in [4.78, 5) is 12.7. The van der Waals surface area contributed by atoms with Gasteiger partial charge in [-0.25, -0.2) is 8.42 Å². The first-order chi connectivity index (χ1) is 8.44. The fourth-order valence-corrected chi connectivity index (χ4v) is 4.50. The van der Waals surface area contributed by atoms with Crippen molar-refractivity contribution in [2.24, 2.45) is 5.92 Å². The van der Waals surface area contributed by atoms with Crippen LogP contribution in [0, 0.1) is 5.92 Å². The van der Waals surface area contributed by atoms with Crippen LogP contribution in [-0.4, -0.2) is 20.1 Å². The molecule has 0 saturated carbocycles. The molecule has 1 amide bonds. The monoisotopic (exact) mass is 349 g/mol. The van der Waals surface area contributed by atoms with Crippen LogP contribution in [0.15, 0.2) is 27.4 Å². The fourth-order valence-electron chi connectivity index (χ4n) is 1.71. The summed E-state index contributed by atoms with van der Waals surface area (Å²) in [6.07, 6.45) is 1.82. The molecule has 1 aromatic heterocycles. The number of carbonyl (C=O) groups is 1. The fraction of sp³-hybridized carbons (Fsp3) is 0.364. The maximum Gasteiger partial charge on any atom is 0.220 e. The Morgan fingerprint density at radius 2 is 2.33 bits per heavy atom. The Bertz CT molecular complexity index is 577. The average Bonchev–Trinajstić information content (AvgIpc) is 2.82. The van der Waals surface area contributed by atoms with Gasteiger partial charge in [0.05, 0.1) is 12.3 Å². The molecule has 1 aliphatic heterocycles. The van der Waals surface area contributed by atoms with Crippen molar-refractivity contribution in [2.75, 3.05) is 5.75 Å². The smallest absolute Gasteiger partial charge is 0.220 e. The normalized spacial score (nSPS) is 21.1. The van der Waals surface area contributed by atoms with E-state index in [4.69, 9.17) is 0 Å². The number of carbonyl (C=O) groups excluding carboxylic acids is 1. The van der Waals surface area contributed by atoms with Gasteiger partial charge in [0.15, 0.2) is 9.84 Å². The van der Waals surface area contributed by atoms with Crippen molar-refractivity contribution in [1.82, 2.24) is 5.32 Å². The van der Waals surface area contributed by atoms with E-state index >= 15 is 0 Å². The first-order valence-corrected chi connectivity index (χ1v) is 8.74. The molecular weight excluding hydrogens is 338 g/mol. The standard InChI is InChI=1S/C11H12BrNO3S2/c12-9-4-10(17-6-9)5-13-11(14)3-8-1-2-18(15,16)7-8/h1-2,4,6,8H,3,5,7H2,(H,13,14). The van der Waals surface area contributed by atoms with E-state index in [2.05, 4.69) is 21.2 Å². The van der Waals surface area contributed by atoms with Gasteiger partial charge in [0.2, 0.25) is 5.91 Å². The number of allylic oxidation sites excluding steroid dienone is 1. The second kappa shape index (κ2) is 5.54. The van der Waals surface area contributed by atoms with Crippen molar-refractivity contribution >= 4 is 43.0 Å². The molecule has 1 unspecified atom stereocenters. The number of nitrogens with one attached hydrogen (secondary N) is 1. The molecule has 0 aliphatic carbocycles. The second-order valence-electron chi connectivity index (χ2n) is 4.13. The maximum absolute atomic E-state index is 11.6. The summed E-state index contributed by atoms with van der Waals surface area (Å²) in [6.45, 7) is 0.484. The van der Waals surface area contributed by atoms with Gasteiger partial charge in [-0.05, 0) is 22.0 Å². The summed E-state index contributed by atoms with van der Waals surface area (Å²) in [7, 11) is -3.07. The lowest BCUT2D eigenvalue weighted by Crippen LogP contribution is -2.25. The highest BCUT2D eigenvalue weighted by Gasteiger charge is 2.23. The molecule has 1 N–H and O–H groups in total. The third kappa shape index (κ3) is 3.93. The molecule has 0 radical (unpaired) electrons. The molecule has 1 aliphatic rings. The average molecular weight is 350 g/mol. The first-order valence-electron chi connectivity index (χ1n) is 5.35. The topological polar surface area (TPSA) is 63.2 Å². The Labute approximate surface area is 118 Å². The Kier molecular flexibility index (Phi) is 4.24. The maximum atomic E-state index is 11.6. The summed E-state index contributed by atoms with van der Waals surface area (Å²) in [6, 6.07) is 1.95. The zero-order valence-corrected chi connectivity index (χ0v) is 12.6. The SMILES string of the molecule is O=C(CC1C=CS(=O)(=O)C1)NCc1cc(Br)cs1. The molecule has 18 heavy (non-hydrogen) atoms. The lowest BCUT2D eigenvalue weighted by molar-refractivity contribution is -0.121. The highest BCUT2D eigenvalue weighted by atomic mass is 79.9. The molecule has 4 nitrogen and oxygen atoms in total. The van der Waals surface area contributed by atoms with Crippen molar-refractivity contribution in [3.8, 4) is 0 Å². The highest BCUT2D eigenvalue weighted by Crippen LogP contribution is 2.20. The number of thiophene rings is 1. The van der Waals surface area contributed by atoms with Crippen LogP contribution in [0.3, 0.4) is 0 Å². The molecule has 0 bridgehead atoms. The Morgan fingerprint density at radius 1 is 1.56 bits per heavy atom. The number of rotatable bonds is 4. The Hall–Kier alpha value is -0.660. The largest absolute Gasteiger partial charge is 0.351 e. The zero-order chi connectivity index (χ0) is 13.2. The van der Waals surface area contributed by atoms with Crippen LogP contribution in [0.5, 0.6) is 0 Å². The van der Waals surface area contributed by atoms with Crippen LogP contribution in [-0.2, 0) is 21.2 Å². The van der Waals surface area contributed by atoms with E-state index in [0.29, 0.717) is 6.54 Å². The minimum atomic E-state index is -3.07. The molecule has 98 valence electrons. The predicted molar refractivity (Wildman–Crippen MR) is 74.9 cm³/mol. The molecule has 0 fully saturated rings. The third-order valence-corrected chi connectivity index (χ3v) is 5.70. The van der Waals surface area contributed by atoms with E-state index < -0.39 is 9.84 Å². The van der Waals surface area contributed by atoms with Gasteiger partial charge in [-0.2, -0.15) is 0 Å². The lowest BCUT2D eigenvalue weighted by atomic mass is 10.1. The van der Waals surface area contributed by atoms with Gasteiger partial charge in [0, 0.05) is 32.5 Å². The van der Waals surface area contributed by atoms with Gasteiger partial charge in [-0.15, -0.1) is 11.3 Å². The van der Waals surface area contributed by atoms with Crippen LogP contribution < -0.4 is 5.32 Å². The first kappa shape index (κ1) is 13.8. The van der Waals surface area contributed by atoms with Gasteiger partial charge in [0.1, 0.15) is 0 Å². The number of amides is 1. The molecular formula is C11H12BrNO3S2. The molecule has 0 aromatic carbocycles. The van der Waals surface area contributed by atoms with E-state index in [1.165, 1.54) is 5.41 Å². The lowest BCUT2D eigenvalue weighted by Gasteiger charge is -2.07. The van der Waals surface area contributed by atoms with Crippen LogP contribution >= 0.6 is 27.3 Å². The van der Waals surface area contributed by atoms with Crippen molar-refractivity contribution in [3.05, 3.63) is 32.3 Å². The summed E-state index contributed by atoms with van der Waals surface area (Å²) in [5.41, 5.74) is 0. The van der Waals surface area contributed by atoms with Crippen LogP contribution in [0.1, 0.15) is 11.3 Å². The molecule has 0 saturated heterocycles. The molecule has 2 rings (SSSR count). The number of hydrogen-bond donors (Lipinski definition) is 1. The van der Waals surface area contributed by atoms with Crippen molar-refractivity contribution in [2.45, 2.75) is 13.0 Å². The summed E-state index contributed by atoms with van der Waals surface area (Å²) in [5.74, 6) is -0.262. The molecule has 0 spiro atoms. The van der Waals surface area contributed by atoms with Crippen molar-refractivity contribution < 1.29 is 13.2 Å². The number of halogens is 1. The van der Waals surface area contributed by atoms with Gasteiger partial charge in [0.25, 0.3) is 0 Å². The van der Waals surface area contributed by atoms with Gasteiger partial charge in [-0.3, -0.25) is 4.79 Å². The predicted octanol–water partition coefficient (Wildman–Crippen LogP) is 2.08. The highest BCUT2D eigenvalue weighted by molar-refractivity contribution is 9.10. The van der Waals surface area contributed by atoms with E-state index in [1.54, 1.807) is 17.4 Å². The molecule has 1 atom stereocenters. The molecule has 1 aromatic rings. The van der Waals surface area contributed by atoms with E-state index in [-0.39, 0.29) is 24.0 Å². The minimum absolute atomic E-state index is 0.0466. The third-order valence-electron chi connectivity index (χ3n) is 2.53. The number of hydrogen-bond acceptors (Lipinski definition) is 4. The second-order valence-corrected chi connectivity index (χ2v) is 7.97. The summed E-state index contributed by atoms with van der Waals surface area (Å²) in [5, 5.41) is 5.94. The quantitative estimate of drug-likeness (QED) is 0.904. The molecule has 7 heteroatoms. The summed E-state index contributed by atoms with van der Waals surface area (Å²) >= 11 is 4.91. The van der Waals surface area contributed by atoms with E-state index in [0.717, 1.165) is 9.35 Å². The molecule has 2 heterocycles. The van der Waals surface area contributed by atoms with Crippen LogP contribution in [0.2, 0.25) is 0 Å². The summed E-state index contributed by atoms with van der Waals surface area (Å²) < 4.78 is 23.4. The number of sulfone groups is 1. The Morgan fingerprint density at radius 3 is 2.89 bits per heavy atom. The van der Waals surface area contributed by atoms with Gasteiger partial charge >= 0.3 is 0 Å². The Balaban J connectivity index is 1.78. The van der Waals surface area contributed by atoms with Crippen LogP contribution in [0.4, 0.5) is 0 Å². The van der Waals surface area contributed by atoms with Gasteiger partial charge < -0.3 is 5.32 Å². The zero-order valence-electron chi connectivity index (χ0n) is 9.43. The minimum Gasteiger partial charge on any atom is -0.351 e. The van der Waals surface area contributed by atoms with Crippen molar-refractivity contribution in [3.63, 3.8) is 0 Å². The van der Waals surface area contributed by atoms with E-state index in [1.807, 2.05) is 11.4 Å².